The third kappa shape index (κ3) is 3.49. The molecule has 1 heterocycles. The minimum Gasteiger partial charge on any atom is -0.345 e. The molecular weight excluding hydrogens is 272 g/mol. The van der Waals surface area contributed by atoms with Gasteiger partial charge < -0.3 is 5.32 Å². The second-order valence-corrected chi connectivity index (χ2v) is 4.92. The molecule has 0 aliphatic carbocycles. The Labute approximate surface area is 120 Å². The maximum atomic E-state index is 12.0. The first-order valence-corrected chi connectivity index (χ1v) is 6.82. The van der Waals surface area contributed by atoms with Gasteiger partial charge in [-0.05, 0) is 18.6 Å². The van der Waals surface area contributed by atoms with Gasteiger partial charge in [0.05, 0.1) is 6.04 Å². The van der Waals surface area contributed by atoms with Gasteiger partial charge in [0.2, 0.25) is 0 Å². The van der Waals surface area contributed by atoms with Crippen LogP contribution in [0.25, 0.3) is 6.08 Å². The first-order chi connectivity index (χ1) is 9.70. The molecule has 1 amide bonds. The number of nitrogens with one attached hydrogen (secondary N) is 1. The number of nitriles is 1. The van der Waals surface area contributed by atoms with Crippen LogP contribution in [0, 0.1) is 11.3 Å². The number of rotatable bonds is 4. The molecule has 100 valence electrons. The van der Waals surface area contributed by atoms with E-state index < -0.39 is 5.91 Å². The number of carbonyl (C=O) groups is 1. The van der Waals surface area contributed by atoms with Crippen LogP contribution in [0.5, 0.6) is 0 Å². The van der Waals surface area contributed by atoms with Crippen molar-refractivity contribution in [1.29, 1.82) is 5.26 Å². The molecule has 2 aromatic rings. The van der Waals surface area contributed by atoms with Crippen molar-refractivity contribution in [3.63, 3.8) is 0 Å². The normalized spacial score (nSPS) is 12.5. The number of hydrogen-bond donors (Lipinski definition) is 1. The summed E-state index contributed by atoms with van der Waals surface area (Å²) in [5.41, 5.74) is 2.55. The number of hydrogen-bond acceptors (Lipinski definition) is 5. The maximum Gasteiger partial charge on any atom is 0.262 e. The van der Waals surface area contributed by atoms with Crippen molar-refractivity contribution in [2.45, 2.75) is 13.0 Å². The largest absolute Gasteiger partial charge is 0.345 e. The standard InChI is InChI=1S/C14H12N4OS/c1-10(11-5-3-2-4-6-11)17-14(19)12(8-15)7-13-18-16-9-20-13/h2-7,9-10H,1H3,(H,17,19). The Morgan fingerprint density at radius 1 is 1.45 bits per heavy atom. The molecule has 5 nitrogen and oxygen atoms in total. The predicted octanol–water partition coefficient (Wildman–Crippen LogP) is 2.32. The van der Waals surface area contributed by atoms with E-state index in [1.165, 1.54) is 17.4 Å². The first kappa shape index (κ1) is 13.9. The summed E-state index contributed by atoms with van der Waals surface area (Å²) in [5.74, 6) is -0.418. The summed E-state index contributed by atoms with van der Waals surface area (Å²) in [6, 6.07) is 11.3. The third-order valence-corrected chi connectivity index (χ3v) is 3.30. The molecule has 0 aliphatic heterocycles. The quantitative estimate of drug-likeness (QED) is 0.690. The second-order valence-electron chi connectivity index (χ2n) is 4.05. The van der Waals surface area contributed by atoms with E-state index in [0.29, 0.717) is 5.01 Å². The molecule has 1 aromatic heterocycles. The number of nitrogens with zero attached hydrogens (tertiary/aromatic N) is 3. The average molecular weight is 284 g/mol. The summed E-state index contributed by atoms with van der Waals surface area (Å²) >= 11 is 1.27. The van der Waals surface area contributed by atoms with E-state index in [9.17, 15) is 4.79 Å². The highest BCUT2D eigenvalue weighted by molar-refractivity contribution is 7.10. The molecule has 0 radical (unpaired) electrons. The van der Waals surface area contributed by atoms with Gasteiger partial charge in [-0.2, -0.15) is 5.26 Å². The van der Waals surface area contributed by atoms with Gasteiger partial charge >= 0.3 is 0 Å². The summed E-state index contributed by atoms with van der Waals surface area (Å²) < 4.78 is 0. The number of carbonyl (C=O) groups excluding carboxylic acids is 1. The Morgan fingerprint density at radius 3 is 2.80 bits per heavy atom. The SMILES string of the molecule is CC(NC(=O)C(C#N)=Cc1nncs1)c1ccccc1. The Bertz CT molecular complexity index is 644. The summed E-state index contributed by atoms with van der Waals surface area (Å²) in [4.78, 5) is 12.0. The molecule has 20 heavy (non-hydrogen) atoms. The molecule has 0 saturated carbocycles. The molecule has 1 unspecified atom stereocenters. The van der Waals surface area contributed by atoms with Crippen molar-refractivity contribution in [2.75, 3.05) is 0 Å². The molecule has 0 fully saturated rings. The van der Waals surface area contributed by atoms with Crippen LogP contribution in [0.4, 0.5) is 0 Å². The molecule has 6 heteroatoms. The Balaban J connectivity index is 2.09. The fourth-order valence-corrected chi connectivity index (χ4v) is 2.10. The Kier molecular flexibility index (Phi) is 4.58. The number of aromatic nitrogens is 2. The highest BCUT2D eigenvalue weighted by atomic mass is 32.1. The third-order valence-electron chi connectivity index (χ3n) is 2.66. The average Bonchev–Trinajstić information content (AvgIpc) is 2.98. The van der Waals surface area contributed by atoms with Gasteiger partial charge in [0.15, 0.2) is 0 Å². The smallest absolute Gasteiger partial charge is 0.262 e. The Hall–Kier alpha value is -2.52. The summed E-state index contributed by atoms with van der Waals surface area (Å²) in [5, 5.41) is 19.8. The fraction of sp³-hybridized carbons (Fsp3) is 0.143. The maximum absolute atomic E-state index is 12.0. The zero-order valence-corrected chi connectivity index (χ0v) is 11.6. The van der Waals surface area contributed by atoms with E-state index in [1.807, 2.05) is 43.3 Å². The van der Waals surface area contributed by atoms with Gasteiger partial charge in [-0.1, -0.05) is 30.3 Å². The van der Waals surface area contributed by atoms with Crippen molar-refractivity contribution in [3.05, 3.63) is 52.0 Å². The number of amides is 1. The van der Waals surface area contributed by atoms with Gasteiger partial charge in [0, 0.05) is 0 Å². The van der Waals surface area contributed by atoms with E-state index in [0.717, 1.165) is 5.56 Å². The van der Waals surface area contributed by atoms with Crippen LogP contribution in [-0.4, -0.2) is 16.1 Å². The minimum atomic E-state index is -0.418. The second kappa shape index (κ2) is 6.59. The fourth-order valence-electron chi connectivity index (χ4n) is 1.62. The molecule has 1 N–H and O–H groups in total. The topological polar surface area (TPSA) is 78.7 Å². The van der Waals surface area contributed by atoms with Gasteiger partial charge in [0.1, 0.15) is 22.2 Å². The minimum absolute atomic E-state index is 0.0181. The van der Waals surface area contributed by atoms with Gasteiger partial charge in [-0.15, -0.1) is 21.5 Å². The van der Waals surface area contributed by atoms with E-state index in [-0.39, 0.29) is 11.6 Å². The monoisotopic (exact) mass is 284 g/mol. The lowest BCUT2D eigenvalue weighted by molar-refractivity contribution is -0.117. The van der Waals surface area contributed by atoms with Gasteiger partial charge in [-0.3, -0.25) is 4.79 Å². The lowest BCUT2D eigenvalue weighted by Gasteiger charge is -2.13. The first-order valence-electron chi connectivity index (χ1n) is 5.94. The van der Waals surface area contributed by atoms with E-state index in [2.05, 4.69) is 15.5 Å². The van der Waals surface area contributed by atoms with Crippen LogP contribution in [0.15, 0.2) is 41.4 Å². The van der Waals surface area contributed by atoms with Crippen LogP contribution < -0.4 is 5.32 Å². The van der Waals surface area contributed by atoms with Crippen LogP contribution in [0.1, 0.15) is 23.5 Å². The molecule has 1 aromatic carbocycles. The van der Waals surface area contributed by atoms with E-state index in [4.69, 9.17) is 5.26 Å². The zero-order chi connectivity index (χ0) is 14.4. The Morgan fingerprint density at radius 2 is 2.20 bits per heavy atom. The summed E-state index contributed by atoms with van der Waals surface area (Å²) in [6.07, 6.45) is 1.44. The van der Waals surface area contributed by atoms with Gasteiger partial charge in [-0.25, -0.2) is 0 Å². The van der Waals surface area contributed by atoms with Crippen LogP contribution in [0.3, 0.4) is 0 Å². The van der Waals surface area contributed by atoms with E-state index in [1.54, 1.807) is 5.51 Å². The lowest BCUT2D eigenvalue weighted by Crippen LogP contribution is -2.27. The highest BCUT2D eigenvalue weighted by Crippen LogP contribution is 2.13. The van der Waals surface area contributed by atoms with E-state index >= 15 is 0 Å². The summed E-state index contributed by atoms with van der Waals surface area (Å²) in [7, 11) is 0. The van der Waals surface area contributed by atoms with Crippen LogP contribution in [0.2, 0.25) is 0 Å². The van der Waals surface area contributed by atoms with Crippen LogP contribution in [-0.2, 0) is 4.79 Å². The van der Waals surface area contributed by atoms with Crippen molar-refractivity contribution < 1.29 is 4.79 Å². The zero-order valence-electron chi connectivity index (χ0n) is 10.8. The molecule has 1 atom stereocenters. The molecule has 0 spiro atoms. The highest BCUT2D eigenvalue weighted by Gasteiger charge is 2.14. The van der Waals surface area contributed by atoms with Crippen molar-refractivity contribution in [1.82, 2.24) is 15.5 Å². The molecule has 0 saturated heterocycles. The molecule has 2 rings (SSSR count). The number of benzene rings is 1. The van der Waals surface area contributed by atoms with Crippen molar-refractivity contribution in [3.8, 4) is 6.07 Å². The van der Waals surface area contributed by atoms with Gasteiger partial charge in [0.25, 0.3) is 5.91 Å². The molecule has 0 aliphatic rings. The van der Waals surface area contributed by atoms with Crippen molar-refractivity contribution in [2.24, 2.45) is 0 Å². The molecular formula is C14H12N4OS. The summed E-state index contributed by atoms with van der Waals surface area (Å²) in [6.45, 7) is 1.87. The molecule has 0 bridgehead atoms. The predicted molar refractivity (Wildman–Crippen MR) is 76.5 cm³/mol. The van der Waals surface area contributed by atoms with Crippen LogP contribution >= 0.6 is 11.3 Å². The lowest BCUT2D eigenvalue weighted by atomic mass is 10.1. The van der Waals surface area contributed by atoms with Crippen molar-refractivity contribution >= 4 is 23.3 Å².